The molecule has 0 saturated carbocycles. The van der Waals surface area contributed by atoms with E-state index >= 15 is 0 Å². The van der Waals surface area contributed by atoms with Gasteiger partial charge in [0.2, 0.25) is 11.8 Å². The molecule has 2 amide bonds. The molecule has 6 heteroatoms. The molecule has 108 valence electrons. The highest BCUT2D eigenvalue weighted by molar-refractivity contribution is 6.00. The van der Waals surface area contributed by atoms with Gasteiger partial charge >= 0.3 is 0 Å². The molecular formula is C15H16N4O2. The van der Waals surface area contributed by atoms with Crippen molar-refractivity contribution in [1.82, 2.24) is 10.2 Å². The van der Waals surface area contributed by atoms with Crippen molar-refractivity contribution in [2.75, 3.05) is 10.2 Å². The van der Waals surface area contributed by atoms with Crippen molar-refractivity contribution < 1.29 is 9.59 Å². The lowest BCUT2D eigenvalue weighted by atomic mass is 9.99. The molecule has 0 radical (unpaired) electrons. The average Bonchev–Trinajstić information content (AvgIpc) is 2.93. The predicted molar refractivity (Wildman–Crippen MR) is 79.8 cm³/mol. The van der Waals surface area contributed by atoms with Gasteiger partial charge in [-0.25, -0.2) is 0 Å². The van der Waals surface area contributed by atoms with E-state index in [4.69, 9.17) is 0 Å². The lowest BCUT2D eigenvalue weighted by molar-refractivity contribution is -0.118. The largest absolute Gasteiger partial charge is 0.326 e. The molecule has 0 atom stereocenters. The van der Waals surface area contributed by atoms with Crippen LogP contribution in [0.3, 0.4) is 0 Å². The Balaban J connectivity index is 2.11. The number of rotatable bonds is 2. The maximum atomic E-state index is 12.1. The number of aromatic amines is 1. The first-order chi connectivity index (χ1) is 10.1. The van der Waals surface area contributed by atoms with Gasteiger partial charge in [0.1, 0.15) is 0 Å². The average molecular weight is 284 g/mol. The van der Waals surface area contributed by atoms with E-state index in [1.807, 2.05) is 19.1 Å². The zero-order chi connectivity index (χ0) is 15.0. The minimum atomic E-state index is -0.128. The summed E-state index contributed by atoms with van der Waals surface area (Å²) in [7, 11) is 0. The first-order valence-corrected chi connectivity index (χ1v) is 6.84. The van der Waals surface area contributed by atoms with Crippen LogP contribution in [0.5, 0.6) is 0 Å². The van der Waals surface area contributed by atoms with Crippen LogP contribution >= 0.6 is 0 Å². The fraction of sp³-hybridized carbons (Fsp3) is 0.267. The lowest BCUT2D eigenvalue weighted by Crippen LogP contribution is -2.32. The number of aromatic nitrogens is 2. The van der Waals surface area contributed by atoms with Gasteiger partial charge in [-0.15, -0.1) is 0 Å². The molecule has 2 heterocycles. The summed E-state index contributed by atoms with van der Waals surface area (Å²) >= 11 is 0. The number of carbonyl (C=O) groups excluding carboxylic acids is 2. The number of hydrogen-bond acceptors (Lipinski definition) is 3. The van der Waals surface area contributed by atoms with Crippen LogP contribution < -0.4 is 10.2 Å². The molecular weight excluding hydrogens is 268 g/mol. The van der Waals surface area contributed by atoms with Crippen LogP contribution in [-0.4, -0.2) is 22.0 Å². The number of H-pyrrole nitrogens is 1. The van der Waals surface area contributed by atoms with E-state index in [2.05, 4.69) is 15.5 Å². The van der Waals surface area contributed by atoms with E-state index in [9.17, 15) is 9.59 Å². The van der Waals surface area contributed by atoms with Crippen LogP contribution in [0.15, 0.2) is 24.4 Å². The van der Waals surface area contributed by atoms with Gasteiger partial charge < -0.3 is 10.2 Å². The predicted octanol–water partition coefficient (Wildman–Crippen LogP) is 2.29. The number of carbonyl (C=O) groups is 2. The molecule has 1 aromatic carbocycles. The van der Waals surface area contributed by atoms with E-state index in [0.717, 1.165) is 22.5 Å². The summed E-state index contributed by atoms with van der Waals surface area (Å²) in [5, 5.41) is 9.79. The van der Waals surface area contributed by atoms with Gasteiger partial charge in [-0.05, 0) is 18.2 Å². The fourth-order valence-corrected chi connectivity index (χ4v) is 2.59. The van der Waals surface area contributed by atoms with Crippen LogP contribution in [0.2, 0.25) is 0 Å². The summed E-state index contributed by atoms with van der Waals surface area (Å²) in [6.07, 6.45) is 2.18. The Morgan fingerprint density at radius 1 is 1.43 bits per heavy atom. The molecule has 0 spiro atoms. The van der Waals surface area contributed by atoms with Gasteiger partial charge in [0, 0.05) is 30.2 Å². The smallest absolute Gasteiger partial charge is 0.227 e. The van der Waals surface area contributed by atoms with Crippen molar-refractivity contribution in [2.24, 2.45) is 0 Å². The van der Waals surface area contributed by atoms with E-state index in [1.54, 1.807) is 17.2 Å². The molecule has 1 aliphatic heterocycles. The summed E-state index contributed by atoms with van der Waals surface area (Å²) in [5.74, 6) is -0.0625. The van der Waals surface area contributed by atoms with Crippen molar-refractivity contribution >= 4 is 23.2 Å². The van der Waals surface area contributed by atoms with Crippen molar-refractivity contribution in [3.8, 4) is 11.3 Å². The van der Waals surface area contributed by atoms with Crippen molar-refractivity contribution in [3.05, 3.63) is 30.0 Å². The Morgan fingerprint density at radius 2 is 2.24 bits per heavy atom. The Labute approximate surface area is 122 Å². The molecule has 0 aliphatic carbocycles. The topological polar surface area (TPSA) is 78.1 Å². The third-order valence-corrected chi connectivity index (χ3v) is 3.53. The molecule has 0 bridgehead atoms. The van der Waals surface area contributed by atoms with Gasteiger partial charge in [0.15, 0.2) is 0 Å². The van der Waals surface area contributed by atoms with E-state index in [0.29, 0.717) is 18.7 Å². The molecule has 1 aromatic heterocycles. The van der Waals surface area contributed by atoms with Gasteiger partial charge in [0.05, 0.1) is 24.1 Å². The standard InChI is InChI=1S/C15H16N4O2/c1-3-14(21)19-8-10-7-16-18-15(10)12-6-11(17-9(2)20)4-5-13(12)19/h4-7H,3,8H2,1-2H3,(H,16,18)(H,17,20). The molecule has 2 N–H and O–H groups in total. The second kappa shape index (κ2) is 5.05. The Kier molecular flexibility index (Phi) is 3.21. The summed E-state index contributed by atoms with van der Waals surface area (Å²) in [6.45, 7) is 3.83. The number of nitrogens with zero attached hydrogens (tertiary/aromatic N) is 2. The second-order valence-corrected chi connectivity index (χ2v) is 5.02. The highest BCUT2D eigenvalue weighted by Gasteiger charge is 2.27. The SMILES string of the molecule is CCC(=O)N1Cc2cn[nH]c2-c2cc(NC(C)=O)ccc21. The molecule has 0 unspecified atom stereocenters. The van der Waals surface area contributed by atoms with Gasteiger partial charge in [-0.2, -0.15) is 5.10 Å². The number of amides is 2. The second-order valence-electron chi connectivity index (χ2n) is 5.02. The Hall–Kier alpha value is -2.63. The monoisotopic (exact) mass is 284 g/mol. The highest BCUT2D eigenvalue weighted by Crippen LogP contribution is 2.39. The van der Waals surface area contributed by atoms with Crippen molar-refractivity contribution in [2.45, 2.75) is 26.8 Å². The molecule has 6 nitrogen and oxygen atoms in total. The number of anilines is 2. The van der Waals surface area contributed by atoms with Gasteiger partial charge in [0.25, 0.3) is 0 Å². The number of hydrogen-bond donors (Lipinski definition) is 2. The third kappa shape index (κ3) is 2.29. The molecule has 0 fully saturated rings. The first-order valence-electron chi connectivity index (χ1n) is 6.84. The molecule has 2 aromatic rings. The quantitative estimate of drug-likeness (QED) is 0.888. The van der Waals surface area contributed by atoms with Crippen LogP contribution in [0.1, 0.15) is 25.8 Å². The van der Waals surface area contributed by atoms with Crippen LogP contribution in [0.4, 0.5) is 11.4 Å². The minimum absolute atomic E-state index is 0.0652. The Bertz CT molecular complexity index is 720. The zero-order valence-corrected chi connectivity index (χ0v) is 11.9. The third-order valence-electron chi connectivity index (χ3n) is 3.53. The highest BCUT2D eigenvalue weighted by atomic mass is 16.2. The van der Waals surface area contributed by atoms with Crippen LogP contribution in [-0.2, 0) is 16.1 Å². The first kappa shape index (κ1) is 13.4. The van der Waals surface area contributed by atoms with E-state index in [-0.39, 0.29) is 11.8 Å². The lowest BCUT2D eigenvalue weighted by Gasteiger charge is -2.29. The molecule has 1 aliphatic rings. The fourth-order valence-electron chi connectivity index (χ4n) is 2.59. The maximum absolute atomic E-state index is 12.1. The van der Waals surface area contributed by atoms with Crippen molar-refractivity contribution in [3.63, 3.8) is 0 Å². The number of nitrogens with one attached hydrogen (secondary N) is 2. The molecule has 21 heavy (non-hydrogen) atoms. The van der Waals surface area contributed by atoms with Gasteiger partial charge in [-0.1, -0.05) is 6.92 Å². The number of fused-ring (bicyclic) bond motifs is 3. The number of benzene rings is 1. The molecule has 0 saturated heterocycles. The normalized spacial score (nSPS) is 12.6. The summed E-state index contributed by atoms with van der Waals surface area (Å²) < 4.78 is 0. The van der Waals surface area contributed by atoms with Crippen molar-refractivity contribution in [1.29, 1.82) is 0 Å². The van der Waals surface area contributed by atoms with E-state index in [1.165, 1.54) is 6.92 Å². The summed E-state index contributed by atoms with van der Waals surface area (Å²) in [6, 6.07) is 5.53. The van der Waals surface area contributed by atoms with Crippen LogP contribution in [0, 0.1) is 0 Å². The molecule has 3 rings (SSSR count). The van der Waals surface area contributed by atoms with E-state index < -0.39 is 0 Å². The minimum Gasteiger partial charge on any atom is -0.326 e. The summed E-state index contributed by atoms with van der Waals surface area (Å²) in [5.41, 5.74) is 4.30. The van der Waals surface area contributed by atoms with Gasteiger partial charge in [-0.3, -0.25) is 14.7 Å². The Morgan fingerprint density at radius 3 is 2.95 bits per heavy atom. The summed E-state index contributed by atoms with van der Waals surface area (Å²) in [4.78, 5) is 25.1. The zero-order valence-electron chi connectivity index (χ0n) is 11.9. The maximum Gasteiger partial charge on any atom is 0.227 e. The van der Waals surface area contributed by atoms with Crippen LogP contribution in [0.25, 0.3) is 11.3 Å².